The maximum absolute atomic E-state index is 13.6. The van der Waals surface area contributed by atoms with Gasteiger partial charge in [-0.05, 0) is 55.0 Å². The summed E-state index contributed by atoms with van der Waals surface area (Å²) in [4.78, 5) is 26.0. The summed E-state index contributed by atoms with van der Waals surface area (Å²) >= 11 is 0. The number of aliphatic carboxylic acids is 1. The van der Waals surface area contributed by atoms with Crippen molar-refractivity contribution >= 4 is 41.4 Å². The van der Waals surface area contributed by atoms with E-state index in [9.17, 15) is 24.2 Å². The number of carboxylic acid groups (broad SMARTS) is 1. The summed E-state index contributed by atoms with van der Waals surface area (Å²) in [5.74, 6) is -1.88. The fourth-order valence-corrected chi connectivity index (χ4v) is 4.40. The number of rotatable bonds is 12. The van der Waals surface area contributed by atoms with Crippen LogP contribution in [-0.4, -0.2) is 90.7 Å². The molecule has 0 unspecified atom stereocenters. The zero-order chi connectivity index (χ0) is 27.1. The second kappa shape index (κ2) is 14.6. The van der Waals surface area contributed by atoms with Gasteiger partial charge < -0.3 is 20.2 Å². The van der Waals surface area contributed by atoms with Crippen molar-refractivity contribution in [2.75, 3.05) is 7.05 Å². The van der Waals surface area contributed by atoms with Crippen molar-refractivity contribution in [3.8, 4) is 5.69 Å². The molecule has 3 N–H and O–H groups in total. The third-order valence-corrected chi connectivity index (χ3v) is 6.15. The van der Waals surface area contributed by atoms with Crippen molar-refractivity contribution in [2.45, 2.75) is 64.2 Å². The molecule has 3 rings (SSSR count). The van der Waals surface area contributed by atoms with Crippen molar-refractivity contribution < 1.29 is 29.3 Å². The van der Waals surface area contributed by atoms with Crippen LogP contribution in [0.25, 0.3) is 5.69 Å². The molecule has 200 valence electrons. The van der Waals surface area contributed by atoms with E-state index in [4.69, 9.17) is 5.11 Å². The number of hydrogen-bond donors (Lipinski definition) is 3. The monoisotopic (exact) mass is 535 g/mol. The van der Waals surface area contributed by atoms with E-state index in [1.807, 2.05) is 44.2 Å². The van der Waals surface area contributed by atoms with Crippen LogP contribution in [-0.2, 0) is 17.8 Å². The molecule has 0 aliphatic carbocycles. The van der Waals surface area contributed by atoms with Gasteiger partial charge in [-0.15, -0.1) is 0 Å². The number of carbonyl (C=O) groups excluding carboxylic acids is 1. The van der Waals surface area contributed by atoms with Gasteiger partial charge >= 0.3 is 35.5 Å². The molecule has 0 spiro atoms. The second-order valence-electron chi connectivity index (χ2n) is 9.58. The number of hydrogen-bond acceptors (Lipinski definition) is 5. The van der Waals surface area contributed by atoms with Crippen LogP contribution in [0.15, 0.2) is 54.6 Å². The van der Waals surface area contributed by atoms with Crippen LogP contribution in [0.2, 0.25) is 0 Å². The average molecular weight is 536 g/mol. The molecule has 2 aromatic carbocycles. The van der Waals surface area contributed by atoms with Crippen LogP contribution in [0.1, 0.15) is 66.3 Å². The van der Waals surface area contributed by atoms with Crippen molar-refractivity contribution in [2.24, 2.45) is 0 Å². The zero-order valence-electron chi connectivity index (χ0n) is 21.3. The number of halogens is 1. The predicted octanol–water partition coefficient (Wildman–Crippen LogP) is 3.28. The third kappa shape index (κ3) is 8.47. The summed E-state index contributed by atoms with van der Waals surface area (Å²) in [6.07, 6.45) is -2.12. The summed E-state index contributed by atoms with van der Waals surface area (Å²) in [7, 11) is 1.71. The van der Waals surface area contributed by atoms with Crippen LogP contribution >= 0.6 is 0 Å². The Labute approximate surface area is 244 Å². The Morgan fingerprint density at radius 2 is 1.66 bits per heavy atom. The van der Waals surface area contributed by atoms with E-state index >= 15 is 0 Å². The summed E-state index contributed by atoms with van der Waals surface area (Å²) in [6.45, 7) is 4.31. The van der Waals surface area contributed by atoms with Gasteiger partial charge in [-0.3, -0.25) is 9.59 Å². The molecule has 0 bridgehead atoms. The number of aliphatic hydroxyl groups is 2. The molecule has 10 heteroatoms. The van der Waals surface area contributed by atoms with Crippen molar-refractivity contribution in [3.63, 3.8) is 0 Å². The Morgan fingerprint density at radius 3 is 2.24 bits per heavy atom. The van der Waals surface area contributed by atoms with Crippen LogP contribution in [0, 0.1) is 5.82 Å². The van der Waals surface area contributed by atoms with E-state index in [2.05, 4.69) is 5.10 Å². The number of nitrogens with zero attached hydrogens (tertiary/aromatic N) is 3. The summed E-state index contributed by atoms with van der Waals surface area (Å²) in [6, 6.07) is 15.4. The van der Waals surface area contributed by atoms with Gasteiger partial charge in [0.1, 0.15) is 5.82 Å². The summed E-state index contributed by atoms with van der Waals surface area (Å²) in [5, 5.41) is 33.9. The number of amides is 1. The van der Waals surface area contributed by atoms with Gasteiger partial charge in [0.15, 0.2) is 5.69 Å². The molecular weight excluding hydrogens is 500 g/mol. The van der Waals surface area contributed by atoms with Crippen molar-refractivity contribution in [1.29, 1.82) is 0 Å². The molecule has 0 aliphatic rings. The molecule has 1 amide bonds. The van der Waals surface area contributed by atoms with E-state index in [0.29, 0.717) is 24.3 Å². The van der Waals surface area contributed by atoms with E-state index in [1.165, 1.54) is 12.1 Å². The molecule has 0 saturated heterocycles. The van der Waals surface area contributed by atoms with E-state index in [1.54, 1.807) is 28.8 Å². The van der Waals surface area contributed by atoms with Gasteiger partial charge in [0, 0.05) is 24.8 Å². The molecular formula is C28H35FN3NaO5. The first kappa shape index (κ1) is 31.7. The Balaban J connectivity index is 0.00000507. The normalized spacial score (nSPS) is 12.6. The number of benzene rings is 2. The SMILES string of the molecule is CC(C)c1c(C(=O)N(C)Cc2ccccc2)nn(-c2ccc(F)cc2)c1CC[C@@H](O)C[C@@H](O)CC(=O)O.[NaH]. The fraction of sp³-hybridized carbons (Fsp3) is 0.393. The average Bonchev–Trinajstić information content (AvgIpc) is 3.22. The van der Waals surface area contributed by atoms with E-state index < -0.39 is 30.4 Å². The van der Waals surface area contributed by atoms with Gasteiger partial charge in [-0.2, -0.15) is 5.10 Å². The summed E-state index contributed by atoms with van der Waals surface area (Å²) < 4.78 is 15.2. The Morgan fingerprint density at radius 1 is 1.03 bits per heavy atom. The minimum atomic E-state index is -1.16. The van der Waals surface area contributed by atoms with Gasteiger partial charge in [-0.25, -0.2) is 9.07 Å². The van der Waals surface area contributed by atoms with Crippen LogP contribution in [0.5, 0.6) is 0 Å². The first-order chi connectivity index (χ1) is 17.6. The molecule has 3 aromatic rings. The van der Waals surface area contributed by atoms with Crippen LogP contribution < -0.4 is 0 Å². The van der Waals surface area contributed by atoms with Gasteiger partial charge in [0.2, 0.25) is 0 Å². The molecule has 0 radical (unpaired) electrons. The molecule has 2 atom stereocenters. The number of aliphatic hydroxyl groups excluding tert-OH is 2. The molecule has 0 aliphatic heterocycles. The second-order valence-corrected chi connectivity index (χ2v) is 9.58. The Kier molecular flexibility index (Phi) is 12.1. The molecule has 0 saturated carbocycles. The molecule has 38 heavy (non-hydrogen) atoms. The molecule has 0 fully saturated rings. The topological polar surface area (TPSA) is 116 Å². The predicted molar refractivity (Wildman–Crippen MR) is 144 cm³/mol. The maximum atomic E-state index is 13.6. The Hall–Kier alpha value is -2.56. The first-order valence-corrected chi connectivity index (χ1v) is 12.3. The quantitative estimate of drug-likeness (QED) is 0.307. The van der Waals surface area contributed by atoms with Gasteiger partial charge in [-0.1, -0.05) is 44.2 Å². The number of carbonyl (C=O) groups is 2. The Bertz CT molecular complexity index is 1200. The van der Waals surface area contributed by atoms with Crippen molar-refractivity contribution in [1.82, 2.24) is 14.7 Å². The van der Waals surface area contributed by atoms with Crippen LogP contribution in [0.3, 0.4) is 0 Å². The van der Waals surface area contributed by atoms with Crippen LogP contribution in [0.4, 0.5) is 4.39 Å². The third-order valence-electron chi connectivity index (χ3n) is 6.15. The van der Waals surface area contributed by atoms with Gasteiger partial charge in [0.05, 0.1) is 24.3 Å². The molecule has 8 nitrogen and oxygen atoms in total. The molecule has 1 heterocycles. The van der Waals surface area contributed by atoms with E-state index in [-0.39, 0.29) is 59.9 Å². The number of aromatic nitrogens is 2. The number of carboxylic acids is 1. The standard InChI is InChI=1S/C28H34FN3O5.Na.H/c1-18(2)26-24(14-13-22(33)15-23(34)16-25(35)36)32(21-11-9-20(29)10-12-21)30-27(26)28(37)31(3)17-19-7-5-4-6-8-19;;/h4-12,18,22-23,33-34H,13-17H2,1-3H3,(H,35,36);;/t22-,23-;;/m1../s1. The fourth-order valence-electron chi connectivity index (χ4n) is 4.40. The zero-order valence-corrected chi connectivity index (χ0v) is 21.3. The molecule has 1 aromatic heterocycles. The summed E-state index contributed by atoms with van der Waals surface area (Å²) in [5.41, 5.74) is 3.26. The first-order valence-electron chi connectivity index (χ1n) is 12.3. The van der Waals surface area contributed by atoms with E-state index in [0.717, 1.165) is 11.1 Å². The van der Waals surface area contributed by atoms with Gasteiger partial charge in [0.25, 0.3) is 5.91 Å². The minimum absolute atomic E-state index is 0. The van der Waals surface area contributed by atoms with Crippen molar-refractivity contribution in [3.05, 3.63) is 82.9 Å².